The van der Waals surface area contributed by atoms with Crippen LogP contribution in [-0.4, -0.2) is 26.8 Å². The third kappa shape index (κ3) is 3.35. The van der Waals surface area contributed by atoms with E-state index in [1.54, 1.807) is 11.6 Å². The van der Waals surface area contributed by atoms with Crippen molar-refractivity contribution in [1.29, 1.82) is 0 Å². The van der Waals surface area contributed by atoms with Crippen LogP contribution in [0.4, 0.5) is 17.3 Å². The number of nitrogens with one attached hydrogen (secondary N) is 2. The van der Waals surface area contributed by atoms with Crippen molar-refractivity contribution < 1.29 is 9.72 Å². The molecule has 24 heavy (non-hydrogen) atoms. The highest BCUT2D eigenvalue weighted by atomic mass is 32.1. The maximum atomic E-state index is 11.2. The lowest BCUT2D eigenvalue weighted by molar-refractivity contribution is -0.389. The summed E-state index contributed by atoms with van der Waals surface area (Å²) in [5.41, 5.74) is 1.80. The number of amides is 1. The van der Waals surface area contributed by atoms with Crippen LogP contribution in [0.15, 0.2) is 35.8 Å². The summed E-state index contributed by atoms with van der Waals surface area (Å²) < 4.78 is 1.47. The number of nitro groups is 1. The molecule has 0 aliphatic carbocycles. The van der Waals surface area contributed by atoms with E-state index in [9.17, 15) is 14.9 Å². The molecule has 3 rings (SSSR count). The fourth-order valence-electron chi connectivity index (χ4n) is 2.35. The molecule has 9 heteroatoms. The van der Waals surface area contributed by atoms with E-state index in [0.717, 1.165) is 11.3 Å². The Balaban J connectivity index is 1.64. The Morgan fingerprint density at radius 1 is 1.38 bits per heavy atom. The fourth-order valence-corrected chi connectivity index (χ4v) is 3.06. The molecule has 0 radical (unpaired) electrons. The van der Waals surface area contributed by atoms with E-state index in [1.807, 2.05) is 24.3 Å². The van der Waals surface area contributed by atoms with Crippen LogP contribution >= 0.6 is 11.3 Å². The Kier molecular flexibility index (Phi) is 4.43. The lowest BCUT2D eigenvalue weighted by Gasteiger charge is -2.06. The van der Waals surface area contributed by atoms with Gasteiger partial charge in [-0.3, -0.25) is 4.79 Å². The zero-order valence-electron chi connectivity index (χ0n) is 12.9. The minimum absolute atomic E-state index is 0.0488. The van der Waals surface area contributed by atoms with Crippen molar-refractivity contribution in [2.75, 3.05) is 17.2 Å². The number of fused-ring (bicyclic) bond motifs is 1. The normalized spacial score (nSPS) is 10.7. The minimum atomic E-state index is -0.433. The summed E-state index contributed by atoms with van der Waals surface area (Å²) >= 11 is 1.35. The number of anilines is 2. The Bertz CT molecular complexity index is 884. The third-order valence-corrected chi connectivity index (χ3v) is 4.15. The van der Waals surface area contributed by atoms with Gasteiger partial charge in [0, 0.05) is 24.5 Å². The van der Waals surface area contributed by atoms with Gasteiger partial charge in [0.25, 0.3) is 4.96 Å². The highest BCUT2D eigenvalue weighted by molar-refractivity contribution is 7.15. The molecule has 0 aliphatic rings. The molecule has 0 fully saturated rings. The van der Waals surface area contributed by atoms with Crippen molar-refractivity contribution in [2.24, 2.45) is 0 Å². The summed E-state index contributed by atoms with van der Waals surface area (Å²) in [7, 11) is 0. The van der Waals surface area contributed by atoms with Gasteiger partial charge in [-0.1, -0.05) is 23.5 Å². The summed E-state index contributed by atoms with van der Waals surface area (Å²) in [6.07, 6.45) is 2.32. The van der Waals surface area contributed by atoms with Crippen LogP contribution in [-0.2, 0) is 11.2 Å². The van der Waals surface area contributed by atoms with E-state index in [2.05, 4.69) is 15.6 Å². The van der Waals surface area contributed by atoms with Gasteiger partial charge in [0.2, 0.25) is 11.7 Å². The van der Waals surface area contributed by atoms with Gasteiger partial charge in [0.05, 0.1) is 0 Å². The number of carbonyl (C=O) groups is 1. The molecule has 8 nitrogen and oxygen atoms in total. The summed E-state index contributed by atoms with van der Waals surface area (Å²) in [4.78, 5) is 26.6. The number of hydrogen-bond acceptors (Lipinski definition) is 6. The summed E-state index contributed by atoms with van der Waals surface area (Å²) in [6, 6.07) is 7.47. The second-order valence-corrected chi connectivity index (χ2v) is 6.02. The Labute approximate surface area is 141 Å². The van der Waals surface area contributed by atoms with Gasteiger partial charge in [0.15, 0.2) is 0 Å². The average molecular weight is 345 g/mol. The topological polar surface area (TPSA) is 102 Å². The van der Waals surface area contributed by atoms with E-state index < -0.39 is 4.92 Å². The Morgan fingerprint density at radius 3 is 2.79 bits per heavy atom. The second-order valence-electron chi connectivity index (χ2n) is 5.15. The average Bonchev–Trinajstić information content (AvgIpc) is 3.08. The SMILES string of the molecule is CC(=O)Nc1ccc(CCNc2nc3sccn3c2[N+](=O)[O-])cc1. The van der Waals surface area contributed by atoms with Gasteiger partial charge in [-0.2, -0.15) is 9.38 Å². The molecule has 0 bridgehead atoms. The van der Waals surface area contributed by atoms with E-state index in [0.29, 0.717) is 17.9 Å². The van der Waals surface area contributed by atoms with Crippen molar-refractivity contribution in [3.63, 3.8) is 0 Å². The van der Waals surface area contributed by atoms with Gasteiger partial charge in [0.1, 0.15) is 6.20 Å². The van der Waals surface area contributed by atoms with Gasteiger partial charge in [-0.25, -0.2) is 0 Å². The summed E-state index contributed by atoms with van der Waals surface area (Å²) in [5.74, 6) is 0.116. The lowest BCUT2D eigenvalue weighted by atomic mass is 10.1. The molecule has 1 aromatic carbocycles. The molecule has 0 saturated carbocycles. The van der Waals surface area contributed by atoms with Crippen molar-refractivity contribution in [2.45, 2.75) is 13.3 Å². The zero-order chi connectivity index (χ0) is 17.1. The van der Waals surface area contributed by atoms with Crippen LogP contribution in [0.1, 0.15) is 12.5 Å². The van der Waals surface area contributed by atoms with Crippen LogP contribution < -0.4 is 10.6 Å². The predicted molar refractivity (Wildman–Crippen MR) is 92.7 cm³/mol. The number of nitrogens with zero attached hydrogens (tertiary/aromatic N) is 3. The number of rotatable bonds is 6. The number of hydrogen-bond donors (Lipinski definition) is 2. The Hall–Kier alpha value is -2.94. The molecule has 0 unspecified atom stereocenters. The number of thiazole rings is 1. The van der Waals surface area contributed by atoms with Crippen molar-refractivity contribution in [3.8, 4) is 0 Å². The van der Waals surface area contributed by atoms with Crippen LogP contribution in [0.5, 0.6) is 0 Å². The number of carbonyl (C=O) groups excluding carboxylic acids is 1. The maximum absolute atomic E-state index is 11.2. The van der Waals surface area contributed by atoms with Crippen LogP contribution in [0.2, 0.25) is 0 Å². The molecule has 2 aromatic heterocycles. The van der Waals surface area contributed by atoms with E-state index in [1.165, 1.54) is 22.7 Å². The molecule has 0 saturated heterocycles. The van der Waals surface area contributed by atoms with Gasteiger partial charge >= 0.3 is 5.82 Å². The molecule has 124 valence electrons. The lowest BCUT2D eigenvalue weighted by Crippen LogP contribution is -2.08. The first-order valence-electron chi connectivity index (χ1n) is 7.25. The predicted octanol–water partition coefficient (Wildman–Crippen LogP) is 2.92. The molecular weight excluding hydrogens is 330 g/mol. The molecule has 1 amide bonds. The first-order chi connectivity index (χ1) is 11.5. The third-order valence-electron chi connectivity index (χ3n) is 3.39. The first-order valence-corrected chi connectivity index (χ1v) is 8.13. The maximum Gasteiger partial charge on any atom is 0.372 e. The number of benzene rings is 1. The molecule has 3 aromatic rings. The molecule has 2 heterocycles. The molecule has 2 N–H and O–H groups in total. The van der Waals surface area contributed by atoms with Gasteiger partial charge in [-0.05, 0) is 29.0 Å². The van der Waals surface area contributed by atoms with Crippen LogP contribution in [0.3, 0.4) is 0 Å². The quantitative estimate of drug-likeness (QED) is 0.528. The summed E-state index contributed by atoms with van der Waals surface area (Å²) in [6.45, 7) is 1.98. The van der Waals surface area contributed by atoms with Gasteiger partial charge < -0.3 is 20.7 Å². The highest BCUT2D eigenvalue weighted by Crippen LogP contribution is 2.27. The van der Waals surface area contributed by atoms with Crippen LogP contribution in [0.25, 0.3) is 4.96 Å². The van der Waals surface area contributed by atoms with Crippen molar-refractivity contribution in [3.05, 3.63) is 51.5 Å². The molecule has 0 atom stereocenters. The minimum Gasteiger partial charge on any atom is -0.363 e. The largest absolute Gasteiger partial charge is 0.372 e. The van der Waals surface area contributed by atoms with E-state index in [4.69, 9.17) is 0 Å². The van der Waals surface area contributed by atoms with Crippen molar-refractivity contribution in [1.82, 2.24) is 9.38 Å². The zero-order valence-corrected chi connectivity index (χ0v) is 13.7. The molecular formula is C15H15N5O3S. The highest BCUT2D eigenvalue weighted by Gasteiger charge is 2.23. The number of imidazole rings is 1. The summed E-state index contributed by atoms with van der Waals surface area (Å²) in [5, 5.41) is 18.7. The molecule has 0 aliphatic heterocycles. The van der Waals surface area contributed by atoms with E-state index >= 15 is 0 Å². The standard InChI is InChI=1S/C15H15N5O3S/c1-10(21)17-12-4-2-11(3-5-12)6-7-16-13-14(20(22)23)19-8-9-24-15(19)18-13/h2-5,8-9,16H,6-7H2,1H3,(H,17,21). The monoisotopic (exact) mass is 345 g/mol. The first kappa shape index (κ1) is 15.9. The van der Waals surface area contributed by atoms with Crippen molar-refractivity contribution >= 4 is 39.5 Å². The number of aromatic nitrogens is 2. The second kappa shape index (κ2) is 6.67. The Morgan fingerprint density at radius 2 is 2.12 bits per heavy atom. The van der Waals surface area contributed by atoms with Gasteiger partial charge in [-0.15, -0.1) is 0 Å². The molecule has 0 spiro atoms. The smallest absolute Gasteiger partial charge is 0.363 e. The fraction of sp³-hybridized carbons (Fsp3) is 0.200. The van der Waals surface area contributed by atoms with Crippen LogP contribution in [0, 0.1) is 10.1 Å². The van der Waals surface area contributed by atoms with E-state index in [-0.39, 0.29) is 17.5 Å².